The average Bonchev–Trinajstić information content (AvgIpc) is 2.75. The van der Waals surface area contributed by atoms with Crippen LogP contribution in [0.3, 0.4) is 0 Å². The first-order valence-corrected chi connectivity index (χ1v) is 5.79. The highest BCUT2D eigenvalue weighted by atomic mass is 16.5. The normalized spacial score (nSPS) is 17.4. The molecule has 5 nitrogen and oxygen atoms in total. The minimum absolute atomic E-state index is 0.143. The number of benzene rings is 1. The minimum Gasteiger partial charge on any atom is -0.507 e. The first-order valence-electron chi connectivity index (χ1n) is 5.79. The molecule has 0 unspecified atom stereocenters. The number of aromatic hydroxyl groups is 1. The standard InChI is InChI=1S/C12H14N2O3/c15-9-2-1-3-10-11(9)12(14-17-10)16-8-4-6-13-7-5-8/h1-3,8,13,15H,4-7H2. The maximum absolute atomic E-state index is 9.78. The van der Waals surface area contributed by atoms with E-state index in [4.69, 9.17) is 9.26 Å². The van der Waals surface area contributed by atoms with E-state index >= 15 is 0 Å². The molecule has 1 aromatic carbocycles. The molecule has 0 radical (unpaired) electrons. The lowest BCUT2D eigenvalue weighted by atomic mass is 10.1. The third kappa shape index (κ3) is 1.93. The van der Waals surface area contributed by atoms with Crippen LogP contribution in [-0.2, 0) is 0 Å². The molecule has 1 saturated heterocycles. The fraction of sp³-hybridized carbons (Fsp3) is 0.417. The zero-order valence-corrected chi connectivity index (χ0v) is 9.35. The van der Waals surface area contributed by atoms with Gasteiger partial charge in [-0.2, -0.15) is 0 Å². The second kappa shape index (κ2) is 4.25. The average molecular weight is 234 g/mol. The number of piperidine rings is 1. The number of nitrogens with zero attached hydrogens (tertiary/aromatic N) is 1. The molecule has 1 aliphatic heterocycles. The highest BCUT2D eigenvalue weighted by Gasteiger charge is 2.19. The van der Waals surface area contributed by atoms with Crippen molar-refractivity contribution in [2.45, 2.75) is 18.9 Å². The topological polar surface area (TPSA) is 67.5 Å². The lowest BCUT2D eigenvalue weighted by Crippen LogP contribution is -2.34. The first-order chi connectivity index (χ1) is 8.34. The van der Waals surface area contributed by atoms with Crippen molar-refractivity contribution in [1.82, 2.24) is 10.5 Å². The predicted octanol–water partition coefficient (Wildman–Crippen LogP) is 1.66. The molecule has 5 heteroatoms. The molecule has 0 bridgehead atoms. The van der Waals surface area contributed by atoms with Crippen molar-refractivity contribution in [3.8, 4) is 11.6 Å². The smallest absolute Gasteiger partial charge is 0.266 e. The Labute approximate surface area is 98.4 Å². The van der Waals surface area contributed by atoms with Crippen molar-refractivity contribution in [2.75, 3.05) is 13.1 Å². The Morgan fingerprint density at radius 3 is 3.00 bits per heavy atom. The quantitative estimate of drug-likeness (QED) is 0.827. The Morgan fingerprint density at radius 2 is 2.18 bits per heavy atom. The van der Waals surface area contributed by atoms with Gasteiger partial charge in [0, 0.05) is 0 Å². The van der Waals surface area contributed by atoms with Gasteiger partial charge in [0.25, 0.3) is 5.88 Å². The third-order valence-corrected chi connectivity index (χ3v) is 3.01. The van der Waals surface area contributed by atoms with E-state index in [-0.39, 0.29) is 11.9 Å². The zero-order chi connectivity index (χ0) is 11.7. The van der Waals surface area contributed by atoms with Gasteiger partial charge >= 0.3 is 0 Å². The summed E-state index contributed by atoms with van der Waals surface area (Å²) in [6.07, 6.45) is 2.04. The largest absolute Gasteiger partial charge is 0.507 e. The van der Waals surface area contributed by atoms with Crippen molar-refractivity contribution in [1.29, 1.82) is 0 Å². The summed E-state index contributed by atoms with van der Waals surface area (Å²) in [7, 11) is 0. The molecule has 0 saturated carbocycles. The summed E-state index contributed by atoms with van der Waals surface area (Å²) < 4.78 is 10.9. The van der Waals surface area contributed by atoms with Crippen LogP contribution in [-0.4, -0.2) is 29.5 Å². The maximum Gasteiger partial charge on any atom is 0.266 e. The number of nitrogens with one attached hydrogen (secondary N) is 1. The third-order valence-electron chi connectivity index (χ3n) is 3.01. The molecule has 1 fully saturated rings. The van der Waals surface area contributed by atoms with E-state index in [0.717, 1.165) is 25.9 Å². The Balaban J connectivity index is 1.89. The van der Waals surface area contributed by atoms with Crippen LogP contribution < -0.4 is 10.1 Å². The van der Waals surface area contributed by atoms with Crippen LogP contribution in [0.15, 0.2) is 22.7 Å². The van der Waals surface area contributed by atoms with Crippen LogP contribution in [0.4, 0.5) is 0 Å². The monoisotopic (exact) mass is 234 g/mol. The molecule has 3 rings (SSSR count). The number of phenols is 1. The molecule has 2 N–H and O–H groups in total. The lowest BCUT2D eigenvalue weighted by Gasteiger charge is -2.22. The van der Waals surface area contributed by atoms with E-state index in [9.17, 15) is 5.11 Å². The summed E-state index contributed by atoms with van der Waals surface area (Å²) in [6, 6.07) is 5.09. The van der Waals surface area contributed by atoms with Gasteiger partial charge < -0.3 is 19.7 Å². The van der Waals surface area contributed by atoms with E-state index in [1.54, 1.807) is 18.2 Å². The van der Waals surface area contributed by atoms with Crippen LogP contribution >= 0.6 is 0 Å². The number of rotatable bonds is 2. The lowest BCUT2D eigenvalue weighted by molar-refractivity contribution is 0.150. The fourth-order valence-electron chi connectivity index (χ4n) is 2.10. The number of aromatic nitrogens is 1. The number of fused-ring (bicyclic) bond motifs is 1. The summed E-state index contributed by atoms with van der Waals surface area (Å²) >= 11 is 0. The van der Waals surface area contributed by atoms with Crippen LogP contribution in [0.1, 0.15) is 12.8 Å². The molecule has 0 amide bonds. The summed E-state index contributed by atoms with van der Waals surface area (Å²) in [4.78, 5) is 0. The molecule has 1 aromatic heterocycles. The van der Waals surface area contributed by atoms with Crippen LogP contribution in [0, 0.1) is 0 Å². The molecule has 90 valence electrons. The Morgan fingerprint density at radius 1 is 1.35 bits per heavy atom. The minimum atomic E-state index is 0.143. The van der Waals surface area contributed by atoms with Crippen molar-refractivity contribution < 1.29 is 14.4 Å². The van der Waals surface area contributed by atoms with Gasteiger partial charge in [0.2, 0.25) is 0 Å². The molecule has 1 aliphatic rings. The van der Waals surface area contributed by atoms with Crippen molar-refractivity contribution in [3.63, 3.8) is 0 Å². The molecule has 2 heterocycles. The summed E-state index contributed by atoms with van der Waals surface area (Å²) in [5.41, 5.74) is 0.550. The Kier molecular flexibility index (Phi) is 2.60. The van der Waals surface area contributed by atoms with Crippen molar-refractivity contribution >= 4 is 11.0 Å². The SMILES string of the molecule is Oc1cccc2onc(OC3CCNCC3)c12. The Hall–Kier alpha value is -1.75. The van der Waals surface area contributed by atoms with Gasteiger partial charge in [0.1, 0.15) is 17.2 Å². The number of hydrogen-bond acceptors (Lipinski definition) is 5. The molecular formula is C12H14N2O3. The number of ether oxygens (including phenoxy) is 1. The van der Waals surface area contributed by atoms with Gasteiger partial charge in [0.05, 0.1) is 0 Å². The highest BCUT2D eigenvalue weighted by Crippen LogP contribution is 2.33. The zero-order valence-electron chi connectivity index (χ0n) is 9.35. The number of phenolic OH excluding ortho intramolecular Hbond substituents is 1. The van der Waals surface area contributed by atoms with Crippen LogP contribution in [0.25, 0.3) is 11.0 Å². The fourth-order valence-corrected chi connectivity index (χ4v) is 2.10. The summed E-state index contributed by atoms with van der Waals surface area (Å²) in [5.74, 6) is 0.540. The second-order valence-corrected chi connectivity index (χ2v) is 4.21. The Bertz CT molecular complexity index is 517. The molecular weight excluding hydrogens is 220 g/mol. The van der Waals surface area contributed by atoms with Crippen LogP contribution in [0.5, 0.6) is 11.6 Å². The van der Waals surface area contributed by atoms with Gasteiger partial charge in [0.15, 0.2) is 5.58 Å². The van der Waals surface area contributed by atoms with Gasteiger partial charge in [-0.3, -0.25) is 0 Å². The molecule has 0 spiro atoms. The summed E-state index contributed by atoms with van der Waals surface area (Å²) in [5, 5.41) is 17.5. The molecule has 2 aromatic rings. The highest BCUT2D eigenvalue weighted by molar-refractivity contribution is 5.88. The first kappa shape index (κ1) is 10.4. The van der Waals surface area contributed by atoms with Gasteiger partial charge in [-0.25, -0.2) is 0 Å². The molecule has 17 heavy (non-hydrogen) atoms. The van der Waals surface area contributed by atoms with Crippen molar-refractivity contribution in [3.05, 3.63) is 18.2 Å². The van der Waals surface area contributed by atoms with Crippen LogP contribution in [0.2, 0.25) is 0 Å². The van der Waals surface area contributed by atoms with E-state index < -0.39 is 0 Å². The van der Waals surface area contributed by atoms with E-state index in [1.807, 2.05) is 0 Å². The van der Waals surface area contributed by atoms with E-state index in [1.165, 1.54) is 0 Å². The van der Waals surface area contributed by atoms with E-state index in [0.29, 0.717) is 16.8 Å². The van der Waals surface area contributed by atoms with Gasteiger partial charge in [-0.05, 0) is 43.2 Å². The number of hydrogen-bond donors (Lipinski definition) is 2. The second-order valence-electron chi connectivity index (χ2n) is 4.21. The molecule has 0 aliphatic carbocycles. The maximum atomic E-state index is 9.78. The summed E-state index contributed by atoms with van der Waals surface area (Å²) in [6.45, 7) is 1.90. The van der Waals surface area contributed by atoms with Gasteiger partial charge in [-0.15, -0.1) is 0 Å². The van der Waals surface area contributed by atoms with Crippen molar-refractivity contribution in [2.24, 2.45) is 0 Å². The van der Waals surface area contributed by atoms with Gasteiger partial charge in [-0.1, -0.05) is 6.07 Å². The predicted molar refractivity (Wildman–Crippen MR) is 62.2 cm³/mol. The van der Waals surface area contributed by atoms with E-state index in [2.05, 4.69) is 10.5 Å². The molecule has 0 atom stereocenters.